The number of carbonyl (C=O) groups is 1. The zero-order chi connectivity index (χ0) is 25.9. The van der Waals surface area contributed by atoms with Crippen molar-refractivity contribution < 1.29 is 23.1 Å². The quantitative estimate of drug-likeness (QED) is 0.324. The number of halogens is 4. The molecular weight excluding hydrogens is 507 g/mol. The molecule has 0 aliphatic rings. The standard InChI is InChI=1S/C21H23ClF3N7O2S/c1-10(30-19(34)16-12(8-32(2)3)17(26)29-9-28-16)20-27-7-15(35-20)18(33)31-11-4-5-14(22)13(6-11)21(23,24)25/h4-7,9-10,18,31,33H,8H2,1-3H3,(H,30,34)(H2,26,28,29)/t10-,18?/m0/s1. The molecule has 2 aromatic heterocycles. The number of alkyl halides is 3. The van der Waals surface area contributed by atoms with Crippen LogP contribution in [0.3, 0.4) is 0 Å². The van der Waals surface area contributed by atoms with Crippen molar-refractivity contribution in [3.05, 3.63) is 62.5 Å². The van der Waals surface area contributed by atoms with E-state index < -0.39 is 34.9 Å². The van der Waals surface area contributed by atoms with E-state index in [0.717, 1.165) is 23.5 Å². The first-order chi connectivity index (χ1) is 16.4. The molecule has 2 heterocycles. The molecule has 0 radical (unpaired) electrons. The number of nitrogens with zero attached hydrogens (tertiary/aromatic N) is 4. The van der Waals surface area contributed by atoms with E-state index in [9.17, 15) is 23.1 Å². The summed E-state index contributed by atoms with van der Waals surface area (Å²) in [5.74, 6) is -0.271. The Morgan fingerprint density at radius 1 is 1.29 bits per heavy atom. The number of benzene rings is 1. The summed E-state index contributed by atoms with van der Waals surface area (Å²) in [6.45, 7) is 2.06. The van der Waals surface area contributed by atoms with Crippen LogP contribution in [0.25, 0.3) is 0 Å². The van der Waals surface area contributed by atoms with Gasteiger partial charge in [-0.1, -0.05) is 11.6 Å². The van der Waals surface area contributed by atoms with Crippen LogP contribution in [0, 0.1) is 0 Å². The molecule has 0 aliphatic heterocycles. The summed E-state index contributed by atoms with van der Waals surface area (Å²) in [5, 5.41) is 15.9. The Kier molecular flexibility index (Phi) is 8.15. The summed E-state index contributed by atoms with van der Waals surface area (Å²) in [4.78, 5) is 27.2. The van der Waals surface area contributed by atoms with Crippen molar-refractivity contribution >= 4 is 40.4 Å². The van der Waals surface area contributed by atoms with E-state index in [-0.39, 0.29) is 17.2 Å². The number of aliphatic hydroxyl groups is 1. The SMILES string of the molecule is C[C@H](NC(=O)c1ncnc(N)c1CN(C)C)c1ncc(C(O)Nc2ccc(Cl)c(C(F)(F)F)c2)s1. The number of aliphatic hydroxyl groups excluding tert-OH is 1. The maximum absolute atomic E-state index is 13.1. The highest BCUT2D eigenvalue weighted by molar-refractivity contribution is 7.11. The van der Waals surface area contributed by atoms with Crippen LogP contribution in [0.2, 0.25) is 5.02 Å². The third-order valence-corrected chi connectivity index (χ3v) is 6.33. The number of aromatic nitrogens is 3. The summed E-state index contributed by atoms with van der Waals surface area (Å²) in [6.07, 6.45) is -3.38. The van der Waals surface area contributed by atoms with Gasteiger partial charge in [-0.05, 0) is 39.2 Å². The van der Waals surface area contributed by atoms with Crippen LogP contribution in [0.5, 0.6) is 0 Å². The maximum atomic E-state index is 13.1. The minimum absolute atomic E-state index is 0.0281. The largest absolute Gasteiger partial charge is 0.417 e. The van der Waals surface area contributed by atoms with Crippen LogP contribution in [-0.4, -0.2) is 45.0 Å². The molecule has 35 heavy (non-hydrogen) atoms. The van der Waals surface area contributed by atoms with Crippen molar-refractivity contribution in [2.24, 2.45) is 0 Å². The molecule has 0 saturated carbocycles. The molecule has 9 nitrogen and oxygen atoms in total. The Morgan fingerprint density at radius 3 is 2.66 bits per heavy atom. The summed E-state index contributed by atoms with van der Waals surface area (Å²) < 4.78 is 39.2. The third kappa shape index (κ3) is 6.57. The van der Waals surface area contributed by atoms with Crippen LogP contribution in [0.4, 0.5) is 24.7 Å². The lowest BCUT2D eigenvalue weighted by Crippen LogP contribution is -2.30. The first-order valence-corrected chi connectivity index (χ1v) is 11.4. The zero-order valence-electron chi connectivity index (χ0n) is 18.9. The zero-order valence-corrected chi connectivity index (χ0v) is 20.5. The molecule has 0 spiro atoms. The van der Waals surface area contributed by atoms with Gasteiger partial charge in [0.05, 0.1) is 21.5 Å². The van der Waals surface area contributed by atoms with Crippen LogP contribution in [-0.2, 0) is 12.7 Å². The number of nitrogens with one attached hydrogen (secondary N) is 2. The molecule has 1 aromatic carbocycles. The lowest BCUT2D eigenvalue weighted by atomic mass is 10.1. The number of rotatable bonds is 8. The van der Waals surface area contributed by atoms with Crippen molar-refractivity contribution in [1.29, 1.82) is 0 Å². The second kappa shape index (κ2) is 10.7. The topological polar surface area (TPSA) is 129 Å². The second-order valence-corrected chi connectivity index (χ2v) is 9.36. The van der Waals surface area contributed by atoms with Crippen LogP contribution in [0.15, 0.2) is 30.7 Å². The van der Waals surface area contributed by atoms with E-state index >= 15 is 0 Å². The molecule has 3 rings (SSSR count). The van der Waals surface area contributed by atoms with E-state index in [4.69, 9.17) is 17.3 Å². The highest BCUT2D eigenvalue weighted by Crippen LogP contribution is 2.37. The van der Waals surface area contributed by atoms with Crippen molar-refractivity contribution in [3.8, 4) is 0 Å². The fourth-order valence-corrected chi connectivity index (χ4v) is 4.19. The molecule has 0 bridgehead atoms. The smallest absolute Gasteiger partial charge is 0.383 e. The third-order valence-electron chi connectivity index (χ3n) is 4.77. The minimum atomic E-state index is -4.63. The van der Waals surface area contributed by atoms with Gasteiger partial charge in [0.1, 0.15) is 22.8 Å². The first-order valence-electron chi connectivity index (χ1n) is 10.2. The van der Waals surface area contributed by atoms with Crippen molar-refractivity contribution in [1.82, 2.24) is 25.2 Å². The summed E-state index contributed by atoms with van der Waals surface area (Å²) in [7, 11) is 3.64. The lowest BCUT2D eigenvalue weighted by molar-refractivity contribution is -0.137. The number of thiazole rings is 1. The van der Waals surface area contributed by atoms with E-state index in [2.05, 4.69) is 25.6 Å². The molecule has 1 unspecified atom stereocenters. The molecule has 0 saturated heterocycles. The molecule has 1 amide bonds. The van der Waals surface area contributed by atoms with Gasteiger partial charge in [0.2, 0.25) is 0 Å². The monoisotopic (exact) mass is 529 g/mol. The van der Waals surface area contributed by atoms with Crippen molar-refractivity contribution in [2.75, 3.05) is 25.1 Å². The summed E-state index contributed by atoms with van der Waals surface area (Å²) in [6, 6.07) is 2.68. The highest BCUT2D eigenvalue weighted by Gasteiger charge is 2.33. The van der Waals surface area contributed by atoms with E-state index in [1.54, 1.807) is 6.92 Å². The molecule has 5 N–H and O–H groups in total. The predicted octanol–water partition coefficient (Wildman–Crippen LogP) is 3.84. The Hall–Kier alpha value is -3.00. The fraction of sp³-hybridized carbons (Fsp3) is 0.333. The number of amides is 1. The number of nitrogen functional groups attached to an aromatic ring is 1. The number of anilines is 2. The second-order valence-electron chi connectivity index (χ2n) is 7.86. The Labute approximate surface area is 208 Å². The molecule has 0 fully saturated rings. The molecule has 3 aromatic rings. The van der Waals surface area contributed by atoms with Crippen LogP contribution < -0.4 is 16.4 Å². The first kappa shape index (κ1) is 26.6. The normalized spacial score (nSPS) is 13.5. The molecule has 14 heteroatoms. The van der Waals surface area contributed by atoms with Gasteiger partial charge in [-0.2, -0.15) is 13.2 Å². The van der Waals surface area contributed by atoms with E-state index in [1.807, 2.05) is 19.0 Å². The van der Waals surface area contributed by atoms with Crippen LogP contribution in [0.1, 0.15) is 50.7 Å². The van der Waals surface area contributed by atoms with Gasteiger partial charge >= 0.3 is 6.18 Å². The molecule has 2 atom stereocenters. The summed E-state index contributed by atoms with van der Waals surface area (Å²) in [5.41, 5.74) is 5.56. The van der Waals surface area contributed by atoms with Gasteiger partial charge < -0.3 is 26.4 Å². The number of nitrogens with two attached hydrogens (primary N) is 1. The lowest BCUT2D eigenvalue weighted by Gasteiger charge is -2.16. The average Bonchev–Trinajstić information content (AvgIpc) is 3.26. The van der Waals surface area contributed by atoms with Gasteiger partial charge in [-0.3, -0.25) is 4.79 Å². The summed E-state index contributed by atoms with van der Waals surface area (Å²) >= 11 is 6.72. The number of carbonyl (C=O) groups excluding carboxylic acids is 1. The van der Waals surface area contributed by atoms with Gasteiger partial charge in [0.15, 0.2) is 6.23 Å². The Bertz CT molecular complexity index is 1210. The van der Waals surface area contributed by atoms with Gasteiger partial charge in [-0.15, -0.1) is 11.3 Å². The minimum Gasteiger partial charge on any atom is -0.383 e. The van der Waals surface area contributed by atoms with E-state index in [0.29, 0.717) is 22.0 Å². The fourth-order valence-electron chi connectivity index (χ4n) is 3.11. The Morgan fingerprint density at radius 2 is 2.00 bits per heavy atom. The predicted molar refractivity (Wildman–Crippen MR) is 127 cm³/mol. The Balaban J connectivity index is 1.71. The molecule has 0 aliphatic carbocycles. The highest BCUT2D eigenvalue weighted by atomic mass is 35.5. The van der Waals surface area contributed by atoms with Gasteiger partial charge in [-0.25, -0.2) is 15.0 Å². The molecular formula is C21H23ClF3N7O2S. The van der Waals surface area contributed by atoms with Crippen molar-refractivity contribution in [2.45, 2.75) is 31.9 Å². The van der Waals surface area contributed by atoms with E-state index in [1.165, 1.54) is 18.6 Å². The van der Waals surface area contributed by atoms with Crippen LogP contribution >= 0.6 is 22.9 Å². The average molecular weight is 530 g/mol. The van der Waals surface area contributed by atoms with Crippen molar-refractivity contribution in [3.63, 3.8) is 0 Å². The number of hydrogen-bond donors (Lipinski definition) is 4. The maximum Gasteiger partial charge on any atom is 0.417 e. The molecule has 188 valence electrons. The van der Waals surface area contributed by atoms with Gasteiger partial charge in [0.25, 0.3) is 5.91 Å². The number of hydrogen-bond acceptors (Lipinski definition) is 9. The van der Waals surface area contributed by atoms with Gasteiger partial charge in [0, 0.05) is 24.0 Å².